The number of amides is 3. The number of aliphatic hydroxyl groups excluding tert-OH is 14. The Labute approximate surface area is 445 Å². The molecule has 0 saturated carbocycles. The van der Waals surface area contributed by atoms with Gasteiger partial charge < -0.3 is 151 Å². The van der Waals surface area contributed by atoms with Crippen LogP contribution in [0.3, 0.4) is 0 Å². The van der Waals surface area contributed by atoms with Gasteiger partial charge in [0.15, 0.2) is 37.7 Å². The van der Waals surface area contributed by atoms with Gasteiger partial charge in [-0.15, -0.1) is 0 Å². The van der Waals surface area contributed by atoms with Gasteiger partial charge in [0.05, 0.1) is 57.8 Å². The molecule has 6 aliphatic heterocycles. The van der Waals surface area contributed by atoms with Crippen LogP contribution in [0.1, 0.15) is 20.8 Å². The second-order valence-corrected chi connectivity index (χ2v) is 20.1. The fourth-order valence-corrected chi connectivity index (χ4v) is 10.4. The van der Waals surface area contributed by atoms with E-state index in [0.717, 1.165) is 20.8 Å². The van der Waals surface area contributed by atoms with Crippen molar-refractivity contribution in [2.24, 2.45) is 11.5 Å². The van der Waals surface area contributed by atoms with Gasteiger partial charge in [0.1, 0.15) is 128 Å². The Morgan fingerprint density at radius 1 is 0.397 bits per heavy atom. The number of rotatable bonds is 20. The molecule has 452 valence electrons. The minimum Gasteiger partial charge on any atom is -0.394 e. The van der Waals surface area contributed by atoms with E-state index in [-0.39, 0.29) is 0 Å². The molecule has 0 aromatic rings. The Balaban J connectivity index is 1.16. The zero-order chi connectivity index (χ0) is 57.8. The summed E-state index contributed by atoms with van der Waals surface area (Å²) in [5.41, 5.74) is 12.7. The van der Waals surface area contributed by atoms with Crippen molar-refractivity contribution >= 4 is 17.7 Å². The molecule has 0 aliphatic carbocycles. The molecule has 6 saturated heterocycles. The highest BCUT2D eigenvalue weighted by Crippen LogP contribution is 2.37. The standard InChI is InChI=1S/C44H78N6O28/c1-12(57)47-23-30(63)36(16(7-52)68-39(23)67)75-41-21(45)28(61)34(17(8-53)70-41)74-40-22(46)29(62)35(18(9-54)71-40)76-42-24(48-13(2)58)31(64)37(19(10-55)72-42)77-43-25(49-14(3)59)32(65)38(20(11-56)73-43)78-44-26(50(4)5)33(66)27(60)15(6-51)69-44/h15-44,51-56,60-67H,6-11,45-46H2,1-5H3,(H,47,57)(H,48,58)(H,49,59)/t15-,16-,17-,18-,19-,20-,21-,22-,23-,24-,25-,26-,27-,28-,29-,30-,31-,32-,33-,34-,35-,36-,37-,38-,39?,40+,41+,42+,43+,44+/m1/s1. The summed E-state index contributed by atoms with van der Waals surface area (Å²) in [6.45, 7) is -2.01. The van der Waals surface area contributed by atoms with Crippen LogP contribution >= 0.6 is 0 Å². The van der Waals surface area contributed by atoms with Crippen molar-refractivity contribution in [1.82, 2.24) is 20.9 Å². The van der Waals surface area contributed by atoms with Crippen LogP contribution in [0.15, 0.2) is 0 Å². The molecule has 6 rings (SSSR count). The fourth-order valence-electron chi connectivity index (χ4n) is 10.4. The number of nitrogens with one attached hydrogen (secondary N) is 3. The molecule has 0 spiro atoms. The Bertz CT molecular complexity index is 1920. The smallest absolute Gasteiger partial charge is 0.217 e. The maximum Gasteiger partial charge on any atom is 0.217 e. The zero-order valence-corrected chi connectivity index (χ0v) is 43.1. The summed E-state index contributed by atoms with van der Waals surface area (Å²) in [7, 11) is 3.05. The lowest BCUT2D eigenvalue weighted by Gasteiger charge is -2.51. The highest BCUT2D eigenvalue weighted by molar-refractivity contribution is 5.74. The van der Waals surface area contributed by atoms with E-state index in [4.69, 9.17) is 63.6 Å². The summed E-state index contributed by atoms with van der Waals surface area (Å²) in [6.07, 6.45) is -39.9. The van der Waals surface area contributed by atoms with E-state index in [1.165, 1.54) is 19.0 Å². The first kappa shape index (κ1) is 64.5. The maximum atomic E-state index is 12.7. The average Bonchev–Trinajstić information content (AvgIpc) is 3.45. The van der Waals surface area contributed by atoms with Crippen LogP contribution in [0.2, 0.25) is 0 Å². The molecule has 78 heavy (non-hydrogen) atoms. The van der Waals surface area contributed by atoms with Crippen molar-refractivity contribution < 1.29 is 138 Å². The van der Waals surface area contributed by atoms with E-state index in [9.17, 15) is 85.9 Å². The first-order valence-corrected chi connectivity index (χ1v) is 25.1. The molecule has 30 atom stereocenters. The van der Waals surface area contributed by atoms with E-state index < -0.39 is 241 Å². The lowest BCUT2D eigenvalue weighted by atomic mass is 9.93. The normalized spacial score (nSPS) is 47.3. The predicted octanol–water partition coefficient (Wildman–Crippen LogP) is -13.2. The molecule has 34 nitrogen and oxygen atoms in total. The number of hydrogen-bond acceptors (Lipinski definition) is 31. The molecule has 21 N–H and O–H groups in total. The minimum absolute atomic E-state index is 0.656. The topological polar surface area (TPSA) is 527 Å². The van der Waals surface area contributed by atoms with Crippen LogP contribution < -0.4 is 27.4 Å². The fraction of sp³-hybridized carbons (Fsp3) is 0.932. The second-order valence-electron chi connectivity index (χ2n) is 20.1. The molecule has 6 aliphatic rings. The van der Waals surface area contributed by atoms with Crippen LogP contribution in [0, 0.1) is 0 Å². The van der Waals surface area contributed by atoms with Crippen LogP contribution in [-0.4, -0.2) is 332 Å². The zero-order valence-electron chi connectivity index (χ0n) is 43.1. The third-order valence-corrected chi connectivity index (χ3v) is 14.4. The summed E-state index contributed by atoms with van der Waals surface area (Å²) in [5.74, 6) is -2.19. The minimum atomic E-state index is -1.96. The number of likely N-dealkylation sites (N-methyl/N-ethyl adjacent to an activating group) is 1. The van der Waals surface area contributed by atoms with Crippen molar-refractivity contribution in [3.8, 4) is 0 Å². The van der Waals surface area contributed by atoms with Gasteiger partial charge in [-0.2, -0.15) is 0 Å². The number of ether oxygens (including phenoxy) is 11. The van der Waals surface area contributed by atoms with Crippen molar-refractivity contribution in [2.75, 3.05) is 53.7 Å². The Kier molecular flexibility index (Phi) is 23.2. The quantitative estimate of drug-likeness (QED) is 0.0538. The van der Waals surface area contributed by atoms with Gasteiger partial charge in [-0.1, -0.05) is 0 Å². The first-order chi connectivity index (χ1) is 36.8. The summed E-state index contributed by atoms with van der Waals surface area (Å²) < 4.78 is 65.0. The Morgan fingerprint density at radius 2 is 0.679 bits per heavy atom. The van der Waals surface area contributed by atoms with E-state index in [2.05, 4.69) is 16.0 Å². The first-order valence-electron chi connectivity index (χ1n) is 25.1. The molecule has 6 fully saturated rings. The third kappa shape index (κ3) is 14.0. The SMILES string of the molecule is CC(=O)N[C@H]1[C@H](O[C@H]2[C@H](O)[C@@H](N)[C@H](O[C@H]3[C@H](O)[C@@H](N)[C@H](O[C@H]4[C@H](O)[C@@H](NC(C)=O)C(O)O[C@@H]4CO)O[C@@H]3CO)O[C@@H]2CO)O[C@H](CO)[C@@H](O[C@@H]2O[C@H](CO)[C@@H](O[C@@H]3O[C@H](CO)[C@@H](O)[C@H](O)[C@H]3N(C)C)[C@H](O)[C@H]2NC(C)=O)[C@@H]1O. The molecule has 3 amide bonds. The van der Waals surface area contributed by atoms with Crippen LogP contribution in [0.4, 0.5) is 0 Å². The van der Waals surface area contributed by atoms with Gasteiger partial charge in [0.2, 0.25) is 17.7 Å². The number of nitrogens with zero attached hydrogens (tertiary/aromatic N) is 1. The monoisotopic (exact) mass is 1140 g/mol. The molecule has 0 aromatic heterocycles. The number of carbonyl (C=O) groups is 3. The Hall–Kier alpha value is -2.71. The number of hydrogen-bond donors (Lipinski definition) is 19. The average molecular weight is 1140 g/mol. The van der Waals surface area contributed by atoms with Crippen LogP contribution in [-0.2, 0) is 66.5 Å². The Morgan fingerprint density at radius 3 is 1.03 bits per heavy atom. The largest absolute Gasteiger partial charge is 0.394 e. The summed E-state index contributed by atoms with van der Waals surface area (Å²) in [6, 6.07) is -9.06. The molecule has 1 unspecified atom stereocenters. The molecule has 0 radical (unpaired) electrons. The van der Waals surface area contributed by atoms with Gasteiger partial charge in [-0.3, -0.25) is 19.3 Å². The van der Waals surface area contributed by atoms with E-state index >= 15 is 0 Å². The lowest BCUT2D eigenvalue weighted by Crippen LogP contribution is -2.72. The highest BCUT2D eigenvalue weighted by Gasteiger charge is 2.58. The maximum absolute atomic E-state index is 12.7. The molecule has 0 bridgehead atoms. The lowest BCUT2D eigenvalue weighted by molar-refractivity contribution is -0.370. The van der Waals surface area contributed by atoms with Crippen molar-refractivity contribution in [3.63, 3.8) is 0 Å². The van der Waals surface area contributed by atoms with Crippen LogP contribution in [0.5, 0.6) is 0 Å². The predicted molar refractivity (Wildman–Crippen MR) is 249 cm³/mol. The van der Waals surface area contributed by atoms with E-state index in [0.29, 0.717) is 0 Å². The molecular formula is C44H78N6O28. The van der Waals surface area contributed by atoms with Gasteiger partial charge in [-0.25, -0.2) is 0 Å². The van der Waals surface area contributed by atoms with Crippen LogP contribution in [0.25, 0.3) is 0 Å². The summed E-state index contributed by atoms with van der Waals surface area (Å²) in [4.78, 5) is 38.5. The van der Waals surface area contributed by atoms with Crippen molar-refractivity contribution in [1.29, 1.82) is 0 Å². The molecule has 0 aromatic carbocycles. The summed E-state index contributed by atoms with van der Waals surface area (Å²) >= 11 is 0. The van der Waals surface area contributed by atoms with Crippen molar-refractivity contribution in [2.45, 2.75) is 205 Å². The molecular weight excluding hydrogens is 1060 g/mol. The second kappa shape index (κ2) is 28.0. The molecule has 6 heterocycles. The van der Waals surface area contributed by atoms with Gasteiger partial charge in [0.25, 0.3) is 0 Å². The van der Waals surface area contributed by atoms with E-state index in [1.54, 1.807) is 0 Å². The van der Waals surface area contributed by atoms with Gasteiger partial charge in [-0.05, 0) is 14.1 Å². The van der Waals surface area contributed by atoms with Crippen molar-refractivity contribution in [3.05, 3.63) is 0 Å². The number of nitrogens with two attached hydrogens (primary N) is 2. The number of aliphatic hydroxyl groups is 14. The highest BCUT2D eigenvalue weighted by atomic mass is 16.8. The van der Waals surface area contributed by atoms with E-state index in [1.807, 2.05) is 0 Å². The van der Waals surface area contributed by atoms with Gasteiger partial charge in [0, 0.05) is 20.8 Å². The molecule has 34 heteroatoms. The number of carbonyl (C=O) groups excluding carboxylic acids is 3. The van der Waals surface area contributed by atoms with Gasteiger partial charge >= 0.3 is 0 Å². The third-order valence-electron chi connectivity index (χ3n) is 14.4. The summed E-state index contributed by atoms with van der Waals surface area (Å²) in [5, 5.41) is 159.